The predicted octanol–water partition coefficient (Wildman–Crippen LogP) is 2.56. The maximum atomic E-state index is 13.9. The van der Waals surface area contributed by atoms with E-state index in [1.807, 2.05) is 6.26 Å². The van der Waals surface area contributed by atoms with E-state index in [0.29, 0.717) is 11.5 Å². The van der Waals surface area contributed by atoms with Crippen molar-refractivity contribution >= 4 is 27.7 Å². The third kappa shape index (κ3) is 7.30. The highest BCUT2D eigenvalue weighted by molar-refractivity contribution is 7.98. The van der Waals surface area contributed by atoms with Crippen LogP contribution in [0.5, 0.6) is 5.75 Å². The maximum absolute atomic E-state index is 13.9. The minimum Gasteiger partial charge on any atom is -0.492 e. The number of sulfonamides is 1. The predicted molar refractivity (Wildman–Crippen MR) is 108 cm³/mol. The molecule has 0 aliphatic heterocycles. The Morgan fingerprint density at radius 1 is 1.17 bits per heavy atom. The second kappa shape index (κ2) is 11.1. The van der Waals surface area contributed by atoms with Gasteiger partial charge in [-0.25, -0.2) is 17.2 Å². The number of nitrogens with one attached hydrogen (secondary N) is 2. The first-order valence-corrected chi connectivity index (χ1v) is 11.6. The van der Waals surface area contributed by atoms with Crippen LogP contribution in [0.25, 0.3) is 0 Å². The van der Waals surface area contributed by atoms with Gasteiger partial charge in [-0.3, -0.25) is 4.79 Å². The summed E-state index contributed by atoms with van der Waals surface area (Å²) in [6.45, 7) is 0.164. The smallest absolute Gasteiger partial charge is 0.244 e. The summed E-state index contributed by atoms with van der Waals surface area (Å²) < 4.78 is 59.5. The van der Waals surface area contributed by atoms with Gasteiger partial charge in [0.15, 0.2) is 0 Å². The second-order valence-corrected chi connectivity index (χ2v) is 8.65. The zero-order chi connectivity index (χ0) is 21.3. The zero-order valence-electron chi connectivity index (χ0n) is 15.7. The number of rotatable bonds is 11. The molecule has 0 spiro atoms. The Labute approximate surface area is 173 Å². The first kappa shape index (κ1) is 23.1. The number of thioether (sulfide) groups is 1. The molecule has 0 fully saturated rings. The van der Waals surface area contributed by atoms with Gasteiger partial charge in [0.25, 0.3) is 0 Å². The molecule has 0 bridgehead atoms. The molecule has 29 heavy (non-hydrogen) atoms. The van der Waals surface area contributed by atoms with E-state index in [4.69, 9.17) is 4.74 Å². The molecule has 10 heteroatoms. The maximum Gasteiger partial charge on any atom is 0.244 e. The van der Waals surface area contributed by atoms with Crippen molar-refractivity contribution in [1.82, 2.24) is 10.0 Å². The summed E-state index contributed by atoms with van der Waals surface area (Å²) >= 11 is 1.45. The van der Waals surface area contributed by atoms with Crippen molar-refractivity contribution in [3.63, 3.8) is 0 Å². The van der Waals surface area contributed by atoms with Crippen LogP contribution < -0.4 is 14.8 Å². The van der Waals surface area contributed by atoms with Crippen LogP contribution >= 0.6 is 11.8 Å². The summed E-state index contributed by atoms with van der Waals surface area (Å²) in [5, 5.41) is 2.58. The van der Waals surface area contributed by atoms with Crippen molar-refractivity contribution in [3.8, 4) is 5.75 Å². The highest BCUT2D eigenvalue weighted by Gasteiger charge is 2.27. The molecule has 1 amide bonds. The molecule has 2 N–H and O–H groups in total. The van der Waals surface area contributed by atoms with Crippen LogP contribution in [-0.4, -0.2) is 45.5 Å². The molecule has 2 rings (SSSR count). The lowest BCUT2D eigenvalue weighted by molar-refractivity contribution is -0.122. The van der Waals surface area contributed by atoms with Crippen LogP contribution in [0.4, 0.5) is 8.78 Å². The normalized spacial score (nSPS) is 12.4. The molecule has 0 heterocycles. The Morgan fingerprint density at radius 2 is 1.93 bits per heavy atom. The Balaban J connectivity index is 1.95. The number of carbonyl (C=O) groups excluding carboxylic acids is 1. The Morgan fingerprint density at radius 3 is 2.62 bits per heavy atom. The highest BCUT2D eigenvalue weighted by atomic mass is 32.2. The fraction of sp³-hybridized carbons (Fsp3) is 0.316. The first-order chi connectivity index (χ1) is 13.8. The minimum absolute atomic E-state index is 0.0739. The monoisotopic (exact) mass is 444 g/mol. The van der Waals surface area contributed by atoms with Crippen LogP contribution in [0.3, 0.4) is 0 Å². The quantitative estimate of drug-likeness (QED) is 0.521. The minimum atomic E-state index is -4.21. The Bertz CT molecular complexity index is 926. The van der Waals surface area contributed by atoms with E-state index in [9.17, 15) is 22.0 Å². The van der Waals surface area contributed by atoms with E-state index in [1.165, 1.54) is 42.1 Å². The topological polar surface area (TPSA) is 84.5 Å². The van der Waals surface area contributed by atoms with Gasteiger partial charge in [0.2, 0.25) is 15.9 Å². The molecule has 2 aromatic carbocycles. The molecule has 0 aliphatic rings. The van der Waals surface area contributed by atoms with E-state index in [1.54, 1.807) is 6.07 Å². The molecule has 0 saturated heterocycles. The van der Waals surface area contributed by atoms with Crippen molar-refractivity contribution in [3.05, 3.63) is 60.2 Å². The summed E-state index contributed by atoms with van der Waals surface area (Å²) in [6.07, 6.45) is 2.05. The lowest BCUT2D eigenvalue weighted by Crippen LogP contribution is -2.47. The molecule has 0 saturated carbocycles. The lowest BCUT2D eigenvalue weighted by atomic mass is 10.2. The van der Waals surface area contributed by atoms with Crippen LogP contribution in [0, 0.1) is 11.6 Å². The molecule has 2 aromatic rings. The average molecular weight is 445 g/mol. The Kier molecular flexibility index (Phi) is 8.87. The summed E-state index contributed by atoms with van der Waals surface area (Å²) in [4.78, 5) is 11.9. The number of ether oxygens (including phenoxy) is 1. The third-order valence-electron chi connectivity index (χ3n) is 3.82. The molecule has 1 unspecified atom stereocenters. The number of hydrogen-bond donors (Lipinski definition) is 2. The van der Waals surface area contributed by atoms with Crippen molar-refractivity contribution in [2.75, 3.05) is 25.2 Å². The van der Waals surface area contributed by atoms with Crippen molar-refractivity contribution in [1.29, 1.82) is 0 Å². The molecular weight excluding hydrogens is 422 g/mol. The summed E-state index contributed by atoms with van der Waals surface area (Å²) in [7, 11) is -4.21. The van der Waals surface area contributed by atoms with Gasteiger partial charge in [-0.05, 0) is 42.7 Å². The lowest BCUT2D eigenvalue weighted by Gasteiger charge is -2.18. The number of hydrogen-bond acceptors (Lipinski definition) is 5. The van der Waals surface area contributed by atoms with Gasteiger partial charge in [-0.1, -0.05) is 18.2 Å². The van der Waals surface area contributed by atoms with Gasteiger partial charge in [-0.2, -0.15) is 16.5 Å². The summed E-state index contributed by atoms with van der Waals surface area (Å²) in [5.74, 6) is -1.04. The van der Waals surface area contributed by atoms with Crippen LogP contribution in [0.2, 0.25) is 0 Å². The first-order valence-electron chi connectivity index (χ1n) is 8.75. The highest BCUT2D eigenvalue weighted by Crippen LogP contribution is 2.15. The van der Waals surface area contributed by atoms with E-state index >= 15 is 0 Å². The average Bonchev–Trinajstić information content (AvgIpc) is 2.68. The van der Waals surface area contributed by atoms with E-state index in [0.717, 1.165) is 12.1 Å². The van der Waals surface area contributed by atoms with Crippen LogP contribution in [0.1, 0.15) is 6.42 Å². The fourth-order valence-corrected chi connectivity index (χ4v) is 4.20. The van der Waals surface area contributed by atoms with Gasteiger partial charge in [0, 0.05) is 6.07 Å². The zero-order valence-corrected chi connectivity index (χ0v) is 17.4. The number of halogens is 2. The fourth-order valence-electron chi connectivity index (χ4n) is 2.42. The van der Waals surface area contributed by atoms with E-state index in [2.05, 4.69) is 10.0 Å². The van der Waals surface area contributed by atoms with Gasteiger partial charge < -0.3 is 10.1 Å². The van der Waals surface area contributed by atoms with Crippen molar-refractivity contribution < 1.29 is 26.7 Å². The molecule has 0 aromatic heterocycles. The molecule has 1 atom stereocenters. The summed E-state index contributed by atoms with van der Waals surface area (Å²) in [6, 6.07) is 9.46. The molecule has 0 radical (unpaired) electrons. The van der Waals surface area contributed by atoms with Crippen LogP contribution in [0.15, 0.2) is 53.4 Å². The van der Waals surface area contributed by atoms with Gasteiger partial charge in [-0.15, -0.1) is 0 Å². The van der Waals surface area contributed by atoms with Gasteiger partial charge in [0.05, 0.1) is 6.54 Å². The summed E-state index contributed by atoms with van der Waals surface area (Å²) in [5.41, 5.74) is 0. The van der Waals surface area contributed by atoms with Crippen molar-refractivity contribution in [2.24, 2.45) is 0 Å². The number of benzene rings is 2. The molecule has 0 aliphatic carbocycles. The number of carbonyl (C=O) groups is 1. The SMILES string of the molecule is CSCCC(NS(=O)(=O)c1ccccc1F)C(=O)NCCOc1cccc(F)c1. The molecular formula is C19H22F2N2O4S2. The second-order valence-electron chi connectivity index (χ2n) is 5.98. The largest absolute Gasteiger partial charge is 0.492 e. The van der Waals surface area contributed by atoms with Gasteiger partial charge >= 0.3 is 0 Å². The number of amides is 1. The van der Waals surface area contributed by atoms with Gasteiger partial charge in [0.1, 0.15) is 34.9 Å². The standard InChI is InChI=1S/C19H22F2N2O4S2/c1-28-12-9-17(23-29(25,26)18-8-3-2-7-16(18)21)19(24)22-10-11-27-15-6-4-5-14(20)13-15/h2-8,13,17,23H,9-12H2,1H3,(H,22,24). The third-order valence-corrected chi connectivity index (χ3v) is 5.97. The van der Waals surface area contributed by atoms with E-state index < -0.39 is 38.5 Å². The van der Waals surface area contributed by atoms with E-state index in [-0.39, 0.29) is 19.6 Å². The molecule has 158 valence electrons. The molecule has 6 nitrogen and oxygen atoms in total. The Hall–Kier alpha value is -2.17. The van der Waals surface area contributed by atoms with Crippen molar-refractivity contribution in [2.45, 2.75) is 17.4 Å². The van der Waals surface area contributed by atoms with Crippen LogP contribution in [-0.2, 0) is 14.8 Å².